The Kier molecular flexibility index (Phi) is 6.05. The summed E-state index contributed by atoms with van der Waals surface area (Å²) in [7, 11) is 0. The molecule has 0 fully saturated rings. The Morgan fingerprint density at radius 1 is 1.23 bits per heavy atom. The Morgan fingerprint density at radius 2 is 1.77 bits per heavy atom. The van der Waals surface area contributed by atoms with Gasteiger partial charge >= 0.3 is 0 Å². The van der Waals surface area contributed by atoms with Gasteiger partial charge in [0, 0.05) is 5.33 Å². The molecule has 0 bridgehead atoms. The fourth-order valence-electron chi connectivity index (χ4n) is 0.825. The van der Waals surface area contributed by atoms with Crippen molar-refractivity contribution in [3.8, 4) is 0 Å². The third-order valence-corrected chi connectivity index (χ3v) is 2.76. The molecule has 0 saturated heterocycles. The highest BCUT2D eigenvalue weighted by Gasteiger charge is 2.23. The van der Waals surface area contributed by atoms with Gasteiger partial charge in [0.15, 0.2) is 0 Å². The van der Waals surface area contributed by atoms with Crippen molar-refractivity contribution in [2.45, 2.75) is 27.2 Å². The van der Waals surface area contributed by atoms with E-state index in [-0.39, 0.29) is 11.3 Å². The highest BCUT2D eigenvalue weighted by Crippen LogP contribution is 2.27. The van der Waals surface area contributed by atoms with Gasteiger partial charge in [0.2, 0.25) is 0 Å². The highest BCUT2D eigenvalue weighted by atomic mass is 79.9. The lowest BCUT2D eigenvalue weighted by molar-refractivity contribution is -0.00773. The molecule has 0 N–H and O–H groups in total. The molecule has 0 aromatic rings. The lowest BCUT2D eigenvalue weighted by Gasteiger charge is -2.28. The van der Waals surface area contributed by atoms with Gasteiger partial charge in [-0.05, 0) is 11.3 Å². The molecule has 0 spiro atoms. The van der Waals surface area contributed by atoms with E-state index in [0.29, 0.717) is 6.61 Å². The molecule has 4 heteroatoms. The van der Waals surface area contributed by atoms with Crippen molar-refractivity contribution in [3.63, 3.8) is 0 Å². The molecular formula is C9H17BrF2O. The third-order valence-electron chi connectivity index (χ3n) is 1.97. The van der Waals surface area contributed by atoms with Crippen LogP contribution in [0.25, 0.3) is 0 Å². The molecular weight excluding hydrogens is 242 g/mol. The van der Waals surface area contributed by atoms with E-state index in [1.807, 2.05) is 0 Å². The minimum absolute atomic E-state index is 0.0889. The van der Waals surface area contributed by atoms with Crippen LogP contribution in [-0.4, -0.2) is 25.0 Å². The molecule has 0 aliphatic rings. The second kappa shape index (κ2) is 5.91. The van der Waals surface area contributed by atoms with Crippen LogP contribution in [0, 0.1) is 11.3 Å². The average Bonchev–Trinajstić information content (AvgIpc) is 1.95. The molecule has 0 aromatic carbocycles. The number of halogens is 3. The quantitative estimate of drug-likeness (QED) is 0.688. The van der Waals surface area contributed by atoms with Crippen molar-refractivity contribution in [2.75, 3.05) is 18.5 Å². The van der Waals surface area contributed by atoms with Crippen molar-refractivity contribution in [2.24, 2.45) is 11.3 Å². The Bertz CT molecular complexity index is 134. The van der Waals surface area contributed by atoms with Gasteiger partial charge in [-0.2, -0.15) is 0 Å². The van der Waals surface area contributed by atoms with Gasteiger partial charge in [-0.25, -0.2) is 8.78 Å². The first-order valence-corrected chi connectivity index (χ1v) is 5.42. The summed E-state index contributed by atoms with van der Waals surface area (Å²) in [5.74, 6) is 0.270. The minimum Gasteiger partial charge on any atom is -0.375 e. The van der Waals surface area contributed by atoms with Crippen molar-refractivity contribution in [1.29, 1.82) is 0 Å². The minimum atomic E-state index is -2.36. The van der Waals surface area contributed by atoms with Crippen LogP contribution in [0.4, 0.5) is 8.78 Å². The van der Waals surface area contributed by atoms with E-state index in [1.54, 1.807) is 0 Å². The highest BCUT2D eigenvalue weighted by molar-refractivity contribution is 9.09. The summed E-state index contributed by atoms with van der Waals surface area (Å²) < 4.78 is 28.4. The molecule has 0 radical (unpaired) electrons. The van der Waals surface area contributed by atoms with Crippen LogP contribution in [0.3, 0.4) is 0 Å². The van der Waals surface area contributed by atoms with E-state index in [9.17, 15) is 8.78 Å². The van der Waals surface area contributed by atoms with E-state index in [1.165, 1.54) is 0 Å². The van der Waals surface area contributed by atoms with Crippen molar-refractivity contribution >= 4 is 15.9 Å². The van der Waals surface area contributed by atoms with Crippen LogP contribution >= 0.6 is 15.9 Å². The van der Waals surface area contributed by atoms with Crippen molar-refractivity contribution in [1.82, 2.24) is 0 Å². The Morgan fingerprint density at radius 3 is 2.08 bits per heavy atom. The molecule has 1 nitrogen and oxygen atoms in total. The SMILES string of the molecule is CC(C)(C)C(CBr)COCC(F)F. The zero-order valence-electron chi connectivity index (χ0n) is 8.32. The summed E-state index contributed by atoms with van der Waals surface area (Å²) in [6.07, 6.45) is -2.36. The second-order valence-corrected chi connectivity index (χ2v) is 4.79. The van der Waals surface area contributed by atoms with E-state index in [0.717, 1.165) is 5.33 Å². The largest absolute Gasteiger partial charge is 0.375 e. The molecule has 0 heterocycles. The standard InChI is InChI=1S/C9H17BrF2O/c1-9(2,3)7(4-10)5-13-6-8(11)12/h7-8H,4-6H2,1-3H3. The fourth-order valence-corrected chi connectivity index (χ4v) is 1.98. The maximum absolute atomic E-state index is 11.7. The first-order valence-electron chi connectivity index (χ1n) is 4.29. The van der Waals surface area contributed by atoms with Gasteiger partial charge in [-0.15, -0.1) is 0 Å². The topological polar surface area (TPSA) is 9.23 Å². The van der Waals surface area contributed by atoms with Crippen molar-refractivity contribution < 1.29 is 13.5 Å². The Labute approximate surface area is 87.0 Å². The first kappa shape index (κ1) is 13.3. The van der Waals surface area contributed by atoms with E-state index >= 15 is 0 Å². The molecule has 13 heavy (non-hydrogen) atoms. The fraction of sp³-hybridized carbons (Fsp3) is 1.00. The number of hydrogen-bond donors (Lipinski definition) is 0. The summed E-state index contributed by atoms with van der Waals surface area (Å²) in [6.45, 7) is 6.15. The van der Waals surface area contributed by atoms with Gasteiger partial charge in [0.1, 0.15) is 6.61 Å². The van der Waals surface area contributed by atoms with Gasteiger partial charge in [0.25, 0.3) is 6.43 Å². The molecule has 0 aliphatic heterocycles. The number of alkyl halides is 3. The predicted octanol–water partition coefficient (Wildman–Crippen LogP) is 3.33. The summed E-state index contributed by atoms with van der Waals surface area (Å²) >= 11 is 3.35. The Balaban J connectivity index is 3.73. The van der Waals surface area contributed by atoms with Gasteiger partial charge in [-0.3, -0.25) is 0 Å². The predicted molar refractivity (Wildman–Crippen MR) is 53.6 cm³/mol. The first-order chi connectivity index (χ1) is 5.88. The molecule has 80 valence electrons. The van der Waals surface area contributed by atoms with Crippen LogP contribution in [0.5, 0.6) is 0 Å². The van der Waals surface area contributed by atoms with Crippen LogP contribution in [0.1, 0.15) is 20.8 Å². The zero-order chi connectivity index (χ0) is 10.5. The summed E-state index contributed by atoms with van der Waals surface area (Å²) in [6, 6.07) is 0. The number of ether oxygens (including phenoxy) is 1. The van der Waals surface area contributed by atoms with Gasteiger partial charge < -0.3 is 4.74 Å². The van der Waals surface area contributed by atoms with E-state index < -0.39 is 13.0 Å². The second-order valence-electron chi connectivity index (χ2n) is 4.15. The van der Waals surface area contributed by atoms with Crippen LogP contribution in [0.2, 0.25) is 0 Å². The average molecular weight is 259 g/mol. The van der Waals surface area contributed by atoms with Crippen LogP contribution in [0.15, 0.2) is 0 Å². The monoisotopic (exact) mass is 258 g/mol. The Hall–Kier alpha value is 0.300. The summed E-state index contributed by atoms with van der Waals surface area (Å²) in [5, 5.41) is 0.778. The molecule has 0 amide bonds. The normalized spacial score (nSPS) is 15.0. The maximum atomic E-state index is 11.7. The smallest absolute Gasteiger partial charge is 0.261 e. The van der Waals surface area contributed by atoms with Gasteiger partial charge in [0.05, 0.1) is 6.61 Å². The maximum Gasteiger partial charge on any atom is 0.261 e. The third kappa shape index (κ3) is 6.38. The molecule has 1 atom stereocenters. The van der Waals surface area contributed by atoms with Gasteiger partial charge in [-0.1, -0.05) is 36.7 Å². The molecule has 0 aromatic heterocycles. The molecule has 1 unspecified atom stereocenters. The molecule has 0 saturated carbocycles. The molecule has 0 aliphatic carbocycles. The number of rotatable bonds is 5. The molecule has 0 rings (SSSR count). The zero-order valence-corrected chi connectivity index (χ0v) is 9.90. The summed E-state index contributed by atoms with van der Waals surface area (Å²) in [4.78, 5) is 0. The lowest BCUT2D eigenvalue weighted by atomic mass is 9.83. The van der Waals surface area contributed by atoms with Crippen LogP contribution < -0.4 is 0 Å². The number of hydrogen-bond acceptors (Lipinski definition) is 1. The van der Waals surface area contributed by atoms with E-state index in [4.69, 9.17) is 4.74 Å². The van der Waals surface area contributed by atoms with Crippen molar-refractivity contribution in [3.05, 3.63) is 0 Å². The van der Waals surface area contributed by atoms with Crippen LogP contribution in [-0.2, 0) is 4.74 Å². The van der Waals surface area contributed by atoms with E-state index in [2.05, 4.69) is 36.7 Å². The lowest BCUT2D eigenvalue weighted by Crippen LogP contribution is -2.27. The summed E-state index contributed by atoms with van der Waals surface area (Å²) in [5.41, 5.74) is 0.0889.